The number of allylic oxidation sites excluding steroid dienone is 1. The van der Waals surface area contributed by atoms with Crippen LogP contribution in [0.15, 0.2) is 53.0 Å². The molecular weight excluding hydrogens is 415 g/mol. The van der Waals surface area contributed by atoms with E-state index < -0.39 is 21.7 Å². The Morgan fingerprint density at radius 1 is 1.17 bits per heavy atom. The number of benzene rings is 1. The van der Waals surface area contributed by atoms with Gasteiger partial charge in [0.15, 0.2) is 15.5 Å². The van der Waals surface area contributed by atoms with Crippen molar-refractivity contribution in [2.24, 2.45) is 4.99 Å². The zero-order chi connectivity index (χ0) is 24.1. The molecule has 5 nitrogen and oxygen atoms in total. The third kappa shape index (κ3) is 10.9. The van der Waals surface area contributed by atoms with Crippen LogP contribution >= 0.6 is 0 Å². The largest absolute Gasteiger partial charge is 0.434 e. The molecule has 0 aliphatic rings. The summed E-state index contributed by atoms with van der Waals surface area (Å²) >= 11 is 0. The van der Waals surface area contributed by atoms with Gasteiger partial charge in [0.1, 0.15) is 5.82 Å². The van der Waals surface area contributed by atoms with Gasteiger partial charge < -0.3 is 4.57 Å². The summed E-state index contributed by atoms with van der Waals surface area (Å²) in [7, 11) is -1.55. The molecule has 170 valence electrons. The Morgan fingerprint density at radius 2 is 1.57 bits per heavy atom. The molecule has 1 heterocycles. The van der Waals surface area contributed by atoms with E-state index in [1.165, 1.54) is 35.8 Å². The minimum Gasteiger partial charge on any atom is -0.303 e. The Bertz CT molecular complexity index is 895. The molecule has 0 atom stereocenters. The summed E-state index contributed by atoms with van der Waals surface area (Å²) < 4.78 is 61.6. The van der Waals surface area contributed by atoms with Gasteiger partial charge in [-0.2, -0.15) is 13.2 Å². The number of nitrogens with zero attached hydrogens (tertiary/aromatic N) is 3. The average Bonchev–Trinajstić information content (AvgIpc) is 3.06. The Balaban J connectivity index is 0. The maximum atomic E-state index is 12.6. The average molecular weight is 448 g/mol. The highest BCUT2D eigenvalue weighted by Gasteiger charge is 2.34. The minimum absolute atomic E-state index is 0.107. The quantitative estimate of drug-likeness (QED) is 0.424. The summed E-state index contributed by atoms with van der Waals surface area (Å²) in [4.78, 5) is 7.36. The van der Waals surface area contributed by atoms with Gasteiger partial charge in [0.05, 0.1) is 4.90 Å². The number of aromatic nitrogens is 2. The number of imidazole rings is 1. The van der Waals surface area contributed by atoms with Crippen molar-refractivity contribution < 1.29 is 21.6 Å². The topological polar surface area (TPSA) is 64.3 Å². The van der Waals surface area contributed by atoms with Gasteiger partial charge in [-0.1, -0.05) is 19.9 Å². The first-order chi connectivity index (χ1) is 13.8. The van der Waals surface area contributed by atoms with Crippen molar-refractivity contribution in [1.82, 2.24) is 9.55 Å². The molecule has 1 aromatic heterocycles. The van der Waals surface area contributed by atoms with Crippen molar-refractivity contribution >= 4 is 15.5 Å². The number of sulfone groups is 1. The minimum atomic E-state index is -4.51. The summed E-state index contributed by atoms with van der Waals surface area (Å²) in [5.41, 5.74) is 0.560. The fraction of sp³-hybridized carbons (Fsp3) is 0.429. The molecule has 0 amide bonds. The molecule has 2 aromatic rings. The van der Waals surface area contributed by atoms with Crippen LogP contribution in [0.4, 0.5) is 13.2 Å². The zero-order valence-electron chi connectivity index (χ0n) is 18.9. The Kier molecular flexibility index (Phi) is 13.6. The molecular formula is C21H32F3N3O2S. The number of halogens is 3. The lowest BCUT2D eigenvalue weighted by molar-refractivity contribution is -0.141. The second-order valence-corrected chi connectivity index (χ2v) is 7.90. The predicted molar refractivity (Wildman–Crippen MR) is 118 cm³/mol. The molecule has 1 aromatic carbocycles. The molecule has 0 aliphatic carbocycles. The normalized spacial score (nSPS) is 10.2. The van der Waals surface area contributed by atoms with E-state index in [0.29, 0.717) is 5.69 Å². The van der Waals surface area contributed by atoms with Crippen molar-refractivity contribution in [3.63, 3.8) is 0 Å². The highest BCUT2D eigenvalue weighted by Crippen LogP contribution is 2.29. The van der Waals surface area contributed by atoms with E-state index in [1.807, 2.05) is 34.6 Å². The number of hydrogen-bond donors (Lipinski definition) is 0. The van der Waals surface area contributed by atoms with Crippen molar-refractivity contribution in [1.29, 1.82) is 0 Å². The first kappa shape index (κ1) is 29.8. The van der Waals surface area contributed by atoms with Crippen molar-refractivity contribution in [3.8, 4) is 5.69 Å². The lowest BCUT2D eigenvalue weighted by Gasteiger charge is -2.05. The molecule has 0 saturated carbocycles. The van der Waals surface area contributed by atoms with Crippen LogP contribution in [0.5, 0.6) is 0 Å². The lowest BCUT2D eigenvalue weighted by atomic mass is 10.3. The first-order valence-electron chi connectivity index (χ1n) is 9.18. The molecule has 2 rings (SSSR count). The zero-order valence-corrected chi connectivity index (χ0v) is 19.7. The summed E-state index contributed by atoms with van der Waals surface area (Å²) in [5.74, 6) is 0.171. The lowest BCUT2D eigenvalue weighted by Crippen LogP contribution is -2.05. The summed E-state index contributed by atoms with van der Waals surface area (Å²) in [6.07, 6.45) is -0.820. The van der Waals surface area contributed by atoms with E-state index in [9.17, 15) is 21.6 Å². The van der Waals surface area contributed by atoms with E-state index >= 15 is 0 Å². The van der Waals surface area contributed by atoms with Crippen LogP contribution in [0.1, 0.15) is 46.1 Å². The third-order valence-electron chi connectivity index (χ3n) is 3.16. The van der Waals surface area contributed by atoms with Crippen molar-refractivity contribution in [2.45, 2.75) is 52.6 Å². The highest BCUT2D eigenvalue weighted by atomic mass is 32.2. The number of aryl methyl sites for hydroxylation is 1. The van der Waals surface area contributed by atoms with Crippen LogP contribution in [0, 0.1) is 6.92 Å². The molecule has 0 bridgehead atoms. The highest BCUT2D eigenvalue weighted by molar-refractivity contribution is 7.90. The molecule has 0 spiro atoms. The van der Waals surface area contributed by atoms with Crippen molar-refractivity contribution in [3.05, 3.63) is 54.6 Å². The second kappa shape index (κ2) is 13.7. The van der Waals surface area contributed by atoms with Gasteiger partial charge in [-0.3, -0.25) is 4.99 Å². The summed E-state index contributed by atoms with van der Waals surface area (Å²) in [6.45, 7) is 14.6. The predicted octanol–water partition coefficient (Wildman–Crippen LogP) is 5.92. The maximum Gasteiger partial charge on any atom is 0.434 e. The van der Waals surface area contributed by atoms with Crippen LogP contribution in [-0.4, -0.2) is 37.0 Å². The molecule has 9 heteroatoms. The van der Waals surface area contributed by atoms with E-state index in [-0.39, 0.29) is 10.7 Å². The fourth-order valence-electron chi connectivity index (χ4n) is 1.72. The smallest absolute Gasteiger partial charge is 0.303 e. The van der Waals surface area contributed by atoms with Crippen molar-refractivity contribution in [2.75, 3.05) is 13.3 Å². The molecule has 0 fully saturated rings. The monoisotopic (exact) mass is 447 g/mol. The van der Waals surface area contributed by atoms with Gasteiger partial charge in [0.25, 0.3) is 0 Å². The third-order valence-corrected chi connectivity index (χ3v) is 4.29. The van der Waals surface area contributed by atoms with E-state index in [0.717, 1.165) is 18.2 Å². The van der Waals surface area contributed by atoms with Crippen LogP contribution < -0.4 is 0 Å². The van der Waals surface area contributed by atoms with Crippen LogP contribution in [0.2, 0.25) is 0 Å². The van der Waals surface area contributed by atoms with E-state index in [4.69, 9.17) is 0 Å². The molecule has 30 heavy (non-hydrogen) atoms. The van der Waals surface area contributed by atoms with E-state index in [2.05, 4.69) is 16.6 Å². The molecule has 0 aliphatic heterocycles. The van der Waals surface area contributed by atoms with Gasteiger partial charge in [-0.15, -0.1) is 6.58 Å². The Labute approximate surface area is 178 Å². The SMILES string of the molecule is C=CC.CC.CN=C(C)C.Cc1nc(C(F)(F)F)cn1-c1ccc(S(C)(=O)=O)cc1. The number of aliphatic imine (C=N–C) groups is 1. The van der Waals surface area contributed by atoms with Gasteiger partial charge in [-0.05, 0) is 52.0 Å². The van der Waals surface area contributed by atoms with Crippen LogP contribution in [0.25, 0.3) is 5.69 Å². The maximum absolute atomic E-state index is 12.6. The van der Waals surface area contributed by atoms with Gasteiger partial charge in [0.2, 0.25) is 0 Å². The van der Waals surface area contributed by atoms with Crippen LogP contribution in [0.3, 0.4) is 0 Å². The Morgan fingerprint density at radius 3 is 1.83 bits per heavy atom. The standard InChI is InChI=1S/C12H11F3N2O2S.C4H9N.C3H6.C2H6/c1-8-16-11(12(13,14)15)7-17(8)9-3-5-10(6-4-9)20(2,18)19;1-4(2)5-3;1-3-2;1-2/h3-7H,1-2H3;1-3H3;3H,1H2,2H3;1-2H3. The Hall–Kier alpha value is -2.42. The summed E-state index contributed by atoms with van der Waals surface area (Å²) in [6, 6.07) is 5.56. The van der Waals surface area contributed by atoms with Gasteiger partial charge in [0, 0.05) is 30.9 Å². The second-order valence-electron chi connectivity index (χ2n) is 5.89. The number of hydrogen-bond acceptors (Lipinski definition) is 4. The van der Waals surface area contributed by atoms with Gasteiger partial charge in [-0.25, -0.2) is 13.4 Å². The molecule has 0 saturated heterocycles. The van der Waals surface area contributed by atoms with Gasteiger partial charge >= 0.3 is 6.18 Å². The first-order valence-corrected chi connectivity index (χ1v) is 11.1. The number of alkyl halides is 3. The fourth-order valence-corrected chi connectivity index (χ4v) is 2.36. The molecule has 0 radical (unpaired) electrons. The van der Waals surface area contributed by atoms with E-state index in [1.54, 1.807) is 13.1 Å². The molecule has 0 unspecified atom stereocenters. The van der Waals surface area contributed by atoms with Crippen LogP contribution in [-0.2, 0) is 16.0 Å². The number of rotatable bonds is 2. The summed E-state index contributed by atoms with van der Waals surface area (Å²) in [5, 5.41) is 0. The molecule has 0 N–H and O–H groups in total.